The fraction of sp³-hybridized carbons (Fsp3) is 0.316. The molecule has 156 valence electrons. The Morgan fingerprint density at radius 2 is 1.83 bits per heavy atom. The molecule has 0 saturated heterocycles. The minimum atomic E-state index is -3.89. The molecule has 2 rings (SSSR count). The molecule has 0 aliphatic heterocycles. The van der Waals surface area contributed by atoms with Crippen LogP contribution in [0.3, 0.4) is 0 Å². The van der Waals surface area contributed by atoms with Gasteiger partial charge in [0.1, 0.15) is 5.75 Å². The molecule has 0 aliphatic carbocycles. The number of hydrogen-bond acceptors (Lipinski definition) is 6. The number of rotatable bonds is 9. The summed E-state index contributed by atoms with van der Waals surface area (Å²) in [5.74, 6) is -0.0432. The van der Waals surface area contributed by atoms with E-state index >= 15 is 0 Å². The molecule has 0 saturated carbocycles. The molecule has 29 heavy (non-hydrogen) atoms. The summed E-state index contributed by atoms with van der Waals surface area (Å²) >= 11 is 0. The lowest BCUT2D eigenvalue weighted by molar-refractivity contribution is -0.385. The van der Waals surface area contributed by atoms with E-state index in [1.807, 2.05) is 6.92 Å². The van der Waals surface area contributed by atoms with E-state index in [1.54, 1.807) is 19.1 Å². The predicted molar refractivity (Wildman–Crippen MR) is 109 cm³/mol. The molecule has 0 spiro atoms. The zero-order chi connectivity index (χ0) is 21.6. The maximum absolute atomic E-state index is 12.8. The third kappa shape index (κ3) is 5.30. The highest BCUT2D eigenvalue weighted by molar-refractivity contribution is 7.89. The predicted octanol–water partition coefficient (Wildman–Crippen LogP) is 2.95. The Labute approximate surface area is 169 Å². The molecule has 1 amide bonds. The number of nitrogens with zero attached hydrogens (tertiary/aromatic N) is 2. The Morgan fingerprint density at radius 3 is 2.38 bits per heavy atom. The van der Waals surface area contributed by atoms with Gasteiger partial charge >= 0.3 is 0 Å². The molecule has 0 fully saturated rings. The van der Waals surface area contributed by atoms with Gasteiger partial charge in [-0.25, -0.2) is 8.42 Å². The molecule has 0 unspecified atom stereocenters. The van der Waals surface area contributed by atoms with Gasteiger partial charge in [-0.2, -0.15) is 4.31 Å². The van der Waals surface area contributed by atoms with Crippen LogP contribution in [-0.2, 0) is 14.8 Å². The highest BCUT2D eigenvalue weighted by Gasteiger charge is 2.26. The minimum Gasteiger partial charge on any atom is -0.494 e. The van der Waals surface area contributed by atoms with Gasteiger partial charge in [-0.1, -0.05) is 13.0 Å². The number of benzene rings is 2. The first-order chi connectivity index (χ1) is 13.7. The van der Waals surface area contributed by atoms with E-state index in [9.17, 15) is 23.3 Å². The molecule has 10 heteroatoms. The quantitative estimate of drug-likeness (QED) is 0.491. The van der Waals surface area contributed by atoms with Crippen molar-refractivity contribution < 1.29 is 22.9 Å². The molecule has 0 heterocycles. The van der Waals surface area contributed by atoms with E-state index in [2.05, 4.69) is 5.32 Å². The van der Waals surface area contributed by atoms with Crippen LogP contribution in [-0.4, -0.2) is 43.2 Å². The summed E-state index contributed by atoms with van der Waals surface area (Å²) in [4.78, 5) is 23.0. The van der Waals surface area contributed by atoms with Crippen molar-refractivity contribution in [1.29, 1.82) is 0 Å². The van der Waals surface area contributed by atoms with E-state index in [1.165, 1.54) is 37.3 Å². The van der Waals surface area contributed by atoms with E-state index in [4.69, 9.17) is 4.74 Å². The molecular formula is C19H23N3O6S. The van der Waals surface area contributed by atoms with Gasteiger partial charge in [0.15, 0.2) is 0 Å². The number of nitrogens with one attached hydrogen (secondary N) is 1. The van der Waals surface area contributed by atoms with Crippen molar-refractivity contribution in [3.05, 3.63) is 58.1 Å². The largest absolute Gasteiger partial charge is 0.494 e. The number of nitro groups is 1. The average molecular weight is 421 g/mol. The molecular weight excluding hydrogens is 398 g/mol. The number of hydrogen-bond donors (Lipinski definition) is 1. The molecule has 0 radical (unpaired) electrons. The Balaban J connectivity index is 2.17. The lowest BCUT2D eigenvalue weighted by Crippen LogP contribution is -2.37. The van der Waals surface area contributed by atoms with Gasteiger partial charge in [0.2, 0.25) is 15.9 Å². The van der Waals surface area contributed by atoms with Crippen LogP contribution in [0.15, 0.2) is 47.4 Å². The summed E-state index contributed by atoms with van der Waals surface area (Å²) in [5, 5.41) is 13.6. The smallest absolute Gasteiger partial charge is 0.274 e. The topological polar surface area (TPSA) is 119 Å². The first-order valence-electron chi connectivity index (χ1n) is 8.97. The maximum Gasteiger partial charge on any atom is 0.274 e. The van der Waals surface area contributed by atoms with Crippen molar-refractivity contribution in [2.75, 3.05) is 25.0 Å². The van der Waals surface area contributed by atoms with Crippen LogP contribution in [0, 0.1) is 17.0 Å². The highest BCUT2D eigenvalue weighted by atomic mass is 32.2. The van der Waals surface area contributed by atoms with Gasteiger partial charge in [-0.05, 0) is 44.2 Å². The van der Waals surface area contributed by atoms with Crippen LogP contribution >= 0.6 is 0 Å². The van der Waals surface area contributed by atoms with Crippen molar-refractivity contribution >= 4 is 27.3 Å². The Hall–Kier alpha value is -2.98. The van der Waals surface area contributed by atoms with Crippen molar-refractivity contribution in [3.63, 3.8) is 0 Å². The lowest BCUT2D eigenvalue weighted by atomic mass is 10.1. The minimum absolute atomic E-state index is 0.0436. The SMILES string of the molecule is CCOc1ccc(S(=O)(=O)N(CC)CC(=O)Nc2cccc([N+](=O)[O-])c2C)cc1. The number of sulfonamides is 1. The molecule has 2 aromatic carbocycles. The van der Waals surface area contributed by atoms with Crippen molar-refractivity contribution in [2.24, 2.45) is 0 Å². The number of carbonyl (C=O) groups excluding carboxylic acids is 1. The normalized spacial score (nSPS) is 11.3. The van der Waals surface area contributed by atoms with Crippen LogP contribution in [0.25, 0.3) is 0 Å². The zero-order valence-electron chi connectivity index (χ0n) is 16.4. The van der Waals surface area contributed by atoms with Gasteiger partial charge in [0, 0.05) is 12.6 Å². The van der Waals surface area contributed by atoms with Crippen LogP contribution in [0.1, 0.15) is 19.4 Å². The van der Waals surface area contributed by atoms with Gasteiger partial charge in [-0.15, -0.1) is 0 Å². The summed E-state index contributed by atoms with van der Waals surface area (Å²) in [6.45, 7) is 5.08. The van der Waals surface area contributed by atoms with Gasteiger partial charge in [-0.3, -0.25) is 14.9 Å². The fourth-order valence-corrected chi connectivity index (χ4v) is 4.10. The van der Waals surface area contributed by atoms with Crippen LogP contribution in [0.5, 0.6) is 5.75 Å². The number of likely N-dealkylation sites (N-methyl/N-ethyl adjacent to an activating group) is 1. The number of amides is 1. The fourth-order valence-electron chi connectivity index (χ4n) is 2.70. The highest BCUT2D eigenvalue weighted by Crippen LogP contribution is 2.25. The van der Waals surface area contributed by atoms with Crippen LogP contribution in [0.4, 0.5) is 11.4 Å². The van der Waals surface area contributed by atoms with Crippen molar-refractivity contribution in [1.82, 2.24) is 4.31 Å². The lowest BCUT2D eigenvalue weighted by Gasteiger charge is -2.20. The van der Waals surface area contributed by atoms with Crippen LogP contribution in [0.2, 0.25) is 0 Å². The first-order valence-corrected chi connectivity index (χ1v) is 10.4. The van der Waals surface area contributed by atoms with E-state index < -0.39 is 27.4 Å². The van der Waals surface area contributed by atoms with E-state index in [-0.39, 0.29) is 22.8 Å². The monoisotopic (exact) mass is 421 g/mol. The summed E-state index contributed by atoms with van der Waals surface area (Å²) in [5.41, 5.74) is 0.430. The Bertz CT molecular complexity index is 990. The van der Waals surface area contributed by atoms with Crippen molar-refractivity contribution in [2.45, 2.75) is 25.7 Å². The second-order valence-electron chi connectivity index (χ2n) is 6.09. The third-order valence-corrected chi connectivity index (χ3v) is 6.16. The standard InChI is InChI=1S/C19H23N3O6S/c1-4-21(29(26,27)16-11-9-15(10-12-16)28-5-2)13-19(23)20-17-7-6-8-18(14(17)3)22(24)25/h6-12H,4-5,13H2,1-3H3,(H,20,23). The molecule has 0 atom stereocenters. The molecule has 0 bridgehead atoms. The summed E-state index contributed by atoms with van der Waals surface area (Å²) in [6, 6.07) is 10.3. The molecule has 2 aromatic rings. The van der Waals surface area contributed by atoms with E-state index in [0.717, 1.165) is 4.31 Å². The van der Waals surface area contributed by atoms with Crippen molar-refractivity contribution in [3.8, 4) is 5.75 Å². The molecule has 1 N–H and O–H groups in total. The average Bonchev–Trinajstić information content (AvgIpc) is 2.68. The second kappa shape index (κ2) is 9.48. The molecule has 0 aliphatic rings. The Kier molecular flexibility index (Phi) is 7.29. The number of carbonyl (C=O) groups is 1. The molecule has 0 aromatic heterocycles. The Morgan fingerprint density at radius 1 is 1.17 bits per heavy atom. The first kappa shape index (κ1) is 22.3. The summed E-state index contributed by atoms with van der Waals surface area (Å²) < 4.78 is 32.0. The van der Waals surface area contributed by atoms with Gasteiger partial charge < -0.3 is 10.1 Å². The maximum atomic E-state index is 12.8. The second-order valence-corrected chi connectivity index (χ2v) is 8.03. The summed E-state index contributed by atoms with van der Waals surface area (Å²) in [6.07, 6.45) is 0. The molecule has 9 nitrogen and oxygen atoms in total. The zero-order valence-corrected chi connectivity index (χ0v) is 17.2. The van der Waals surface area contributed by atoms with Gasteiger partial charge in [0.25, 0.3) is 5.69 Å². The number of nitro benzene ring substituents is 1. The van der Waals surface area contributed by atoms with Crippen LogP contribution < -0.4 is 10.1 Å². The van der Waals surface area contributed by atoms with Gasteiger partial charge in [0.05, 0.1) is 34.2 Å². The van der Waals surface area contributed by atoms with E-state index in [0.29, 0.717) is 17.9 Å². The number of ether oxygens (including phenoxy) is 1. The third-order valence-electron chi connectivity index (χ3n) is 4.22. The summed E-state index contributed by atoms with van der Waals surface area (Å²) in [7, 11) is -3.89. The number of anilines is 1.